The first-order valence-electron chi connectivity index (χ1n) is 5.80. The van der Waals surface area contributed by atoms with Crippen molar-refractivity contribution in [2.75, 3.05) is 0 Å². The van der Waals surface area contributed by atoms with Gasteiger partial charge < -0.3 is 0 Å². The van der Waals surface area contributed by atoms with Crippen molar-refractivity contribution in [3.8, 4) is 11.3 Å². The summed E-state index contributed by atoms with van der Waals surface area (Å²) >= 11 is 6.05. The number of hydrogen-bond acceptors (Lipinski definition) is 1. The minimum atomic E-state index is 0.512. The van der Waals surface area contributed by atoms with Gasteiger partial charge in [0.2, 0.25) is 0 Å². The van der Waals surface area contributed by atoms with Crippen molar-refractivity contribution in [2.24, 2.45) is 0 Å². The molecule has 1 aromatic carbocycles. The maximum Gasteiger partial charge on any atom is 0.0702 e. The third-order valence-electron chi connectivity index (χ3n) is 2.79. The molecule has 1 aromatic heterocycles. The molecule has 0 fully saturated rings. The van der Waals surface area contributed by atoms with Gasteiger partial charge in [0.15, 0.2) is 0 Å². The average molecular weight is 246 g/mol. The maximum absolute atomic E-state index is 6.05. The van der Waals surface area contributed by atoms with Crippen LogP contribution in [0.3, 0.4) is 0 Å². The first-order valence-corrected chi connectivity index (χ1v) is 6.17. The van der Waals surface area contributed by atoms with Crippen molar-refractivity contribution in [1.29, 1.82) is 0 Å². The number of hydrogen-bond donors (Lipinski definition) is 0. The quantitative estimate of drug-likeness (QED) is 0.738. The number of aryl methyl sites for hydroxylation is 1. The molecule has 0 aliphatic carbocycles. The summed E-state index contributed by atoms with van der Waals surface area (Å²) in [6, 6.07) is 10.2. The van der Waals surface area contributed by atoms with Crippen LogP contribution in [0.5, 0.6) is 0 Å². The fraction of sp³-hybridized carbons (Fsp3) is 0.267. The van der Waals surface area contributed by atoms with Crippen LogP contribution in [0.2, 0.25) is 5.02 Å². The van der Waals surface area contributed by atoms with Crippen LogP contribution in [-0.2, 0) is 0 Å². The molecule has 2 rings (SSSR count). The van der Waals surface area contributed by atoms with E-state index in [9.17, 15) is 0 Å². The van der Waals surface area contributed by atoms with Gasteiger partial charge in [0.05, 0.1) is 5.69 Å². The summed E-state index contributed by atoms with van der Waals surface area (Å²) in [6.45, 7) is 6.37. The number of rotatable bonds is 2. The SMILES string of the molecule is Cc1cc(Cl)cc(-c2ccc(C(C)C)cn2)c1. The summed E-state index contributed by atoms with van der Waals surface area (Å²) in [5, 5.41) is 0.759. The van der Waals surface area contributed by atoms with Gasteiger partial charge >= 0.3 is 0 Å². The molecular weight excluding hydrogens is 230 g/mol. The Labute approximate surface area is 107 Å². The van der Waals surface area contributed by atoms with Gasteiger partial charge in [0, 0.05) is 16.8 Å². The van der Waals surface area contributed by atoms with Crippen molar-refractivity contribution in [3.63, 3.8) is 0 Å². The molecule has 0 aliphatic rings. The Bertz CT molecular complexity index is 495. The summed E-state index contributed by atoms with van der Waals surface area (Å²) in [4.78, 5) is 4.49. The van der Waals surface area contributed by atoms with Crippen LogP contribution in [-0.4, -0.2) is 4.98 Å². The predicted octanol–water partition coefficient (Wildman–Crippen LogP) is 4.83. The van der Waals surface area contributed by atoms with Crippen molar-refractivity contribution < 1.29 is 0 Å². The second kappa shape index (κ2) is 4.89. The van der Waals surface area contributed by atoms with E-state index in [1.54, 1.807) is 0 Å². The van der Waals surface area contributed by atoms with Crippen LogP contribution in [0.4, 0.5) is 0 Å². The van der Waals surface area contributed by atoms with E-state index in [4.69, 9.17) is 11.6 Å². The molecule has 0 saturated carbocycles. The van der Waals surface area contributed by atoms with E-state index in [-0.39, 0.29) is 0 Å². The van der Waals surface area contributed by atoms with E-state index in [0.29, 0.717) is 5.92 Å². The van der Waals surface area contributed by atoms with Crippen molar-refractivity contribution >= 4 is 11.6 Å². The monoisotopic (exact) mass is 245 g/mol. The van der Waals surface area contributed by atoms with E-state index in [0.717, 1.165) is 21.8 Å². The second-order valence-electron chi connectivity index (χ2n) is 4.65. The standard InChI is InChI=1S/C15H16ClN/c1-10(2)12-4-5-15(17-9-12)13-6-11(3)7-14(16)8-13/h4-10H,1-3H3. The molecule has 0 unspecified atom stereocenters. The van der Waals surface area contributed by atoms with Gasteiger partial charge in [-0.1, -0.05) is 31.5 Å². The predicted molar refractivity (Wildman–Crippen MR) is 73.5 cm³/mol. The summed E-state index contributed by atoms with van der Waals surface area (Å²) in [5.74, 6) is 0.512. The Morgan fingerprint density at radius 3 is 2.41 bits per heavy atom. The molecular formula is C15H16ClN. The summed E-state index contributed by atoms with van der Waals surface area (Å²) in [6.07, 6.45) is 1.94. The van der Waals surface area contributed by atoms with Crippen molar-refractivity contribution in [3.05, 3.63) is 52.7 Å². The fourth-order valence-electron chi connectivity index (χ4n) is 1.80. The highest BCUT2D eigenvalue weighted by Crippen LogP contribution is 2.24. The molecule has 0 amide bonds. The van der Waals surface area contributed by atoms with E-state index >= 15 is 0 Å². The normalized spacial score (nSPS) is 10.9. The zero-order valence-corrected chi connectivity index (χ0v) is 11.1. The van der Waals surface area contributed by atoms with Crippen LogP contribution in [0, 0.1) is 6.92 Å². The Kier molecular flexibility index (Phi) is 3.49. The summed E-state index contributed by atoms with van der Waals surface area (Å²) in [7, 11) is 0. The Balaban J connectivity index is 2.39. The molecule has 0 spiro atoms. The maximum atomic E-state index is 6.05. The van der Waals surface area contributed by atoms with Gasteiger partial charge in [-0.2, -0.15) is 0 Å². The largest absolute Gasteiger partial charge is 0.256 e. The van der Waals surface area contributed by atoms with Gasteiger partial charge in [0.25, 0.3) is 0 Å². The third kappa shape index (κ3) is 2.86. The molecule has 0 saturated heterocycles. The van der Waals surface area contributed by atoms with Crippen molar-refractivity contribution in [1.82, 2.24) is 4.98 Å². The van der Waals surface area contributed by atoms with Crippen molar-refractivity contribution in [2.45, 2.75) is 26.7 Å². The van der Waals surface area contributed by atoms with Crippen LogP contribution in [0.25, 0.3) is 11.3 Å². The van der Waals surface area contributed by atoms with Crippen LogP contribution < -0.4 is 0 Å². The molecule has 0 N–H and O–H groups in total. The van der Waals surface area contributed by atoms with E-state index < -0.39 is 0 Å². The number of pyridine rings is 1. The van der Waals surface area contributed by atoms with Gasteiger partial charge in [-0.25, -0.2) is 0 Å². The molecule has 2 heteroatoms. The topological polar surface area (TPSA) is 12.9 Å². The average Bonchev–Trinajstić information content (AvgIpc) is 2.28. The lowest BCUT2D eigenvalue weighted by Crippen LogP contribution is -1.90. The van der Waals surface area contributed by atoms with Gasteiger partial charge in [0.1, 0.15) is 0 Å². The lowest BCUT2D eigenvalue weighted by molar-refractivity contribution is 0.859. The first kappa shape index (κ1) is 12.1. The minimum Gasteiger partial charge on any atom is -0.256 e. The van der Waals surface area contributed by atoms with E-state index in [1.165, 1.54) is 5.56 Å². The number of nitrogens with zero attached hydrogens (tertiary/aromatic N) is 1. The highest BCUT2D eigenvalue weighted by atomic mass is 35.5. The van der Waals surface area contributed by atoms with Gasteiger partial charge in [-0.05, 0) is 48.2 Å². The Hall–Kier alpha value is -1.34. The zero-order valence-electron chi connectivity index (χ0n) is 10.4. The number of benzene rings is 1. The number of halogens is 1. The molecule has 1 heterocycles. The van der Waals surface area contributed by atoms with E-state index in [2.05, 4.69) is 37.0 Å². The molecule has 17 heavy (non-hydrogen) atoms. The number of aromatic nitrogens is 1. The lowest BCUT2D eigenvalue weighted by Gasteiger charge is -2.07. The van der Waals surface area contributed by atoms with Crippen LogP contribution in [0.15, 0.2) is 36.5 Å². The zero-order chi connectivity index (χ0) is 12.4. The Morgan fingerprint density at radius 2 is 1.88 bits per heavy atom. The van der Waals surface area contributed by atoms with E-state index in [1.807, 2.05) is 25.3 Å². The minimum absolute atomic E-state index is 0.512. The molecule has 0 atom stereocenters. The highest BCUT2D eigenvalue weighted by molar-refractivity contribution is 6.30. The summed E-state index contributed by atoms with van der Waals surface area (Å²) < 4.78 is 0. The lowest BCUT2D eigenvalue weighted by atomic mass is 10.0. The van der Waals surface area contributed by atoms with Crippen LogP contribution in [0.1, 0.15) is 30.9 Å². The Morgan fingerprint density at radius 1 is 1.12 bits per heavy atom. The first-order chi connectivity index (χ1) is 8.06. The molecule has 0 aliphatic heterocycles. The molecule has 88 valence electrons. The third-order valence-corrected chi connectivity index (χ3v) is 3.01. The second-order valence-corrected chi connectivity index (χ2v) is 5.09. The van der Waals surface area contributed by atoms with Crippen LogP contribution >= 0.6 is 11.6 Å². The fourth-order valence-corrected chi connectivity index (χ4v) is 2.09. The molecule has 0 bridgehead atoms. The molecule has 1 nitrogen and oxygen atoms in total. The van der Waals surface area contributed by atoms with Gasteiger partial charge in [-0.15, -0.1) is 0 Å². The molecule has 2 aromatic rings. The smallest absolute Gasteiger partial charge is 0.0702 e. The van der Waals surface area contributed by atoms with Gasteiger partial charge in [-0.3, -0.25) is 4.98 Å². The summed E-state index contributed by atoms with van der Waals surface area (Å²) in [5.41, 5.74) is 4.46. The molecule has 0 radical (unpaired) electrons. The highest BCUT2D eigenvalue weighted by Gasteiger charge is 2.03.